The van der Waals surface area contributed by atoms with Crippen molar-refractivity contribution in [1.29, 1.82) is 0 Å². The third-order valence-corrected chi connectivity index (χ3v) is 3.95. The Morgan fingerprint density at radius 3 is 2.65 bits per heavy atom. The van der Waals surface area contributed by atoms with E-state index >= 15 is 0 Å². The lowest BCUT2D eigenvalue weighted by Crippen LogP contribution is -2.22. The summed E-state index contributed by atoms with van der Waals surface area (Å²) in [6.07, 6.45) is 0. The molecule has 0 aromatic heterocycles. The fourth-order valence-corrected chi connectivity index (χ4v) is 2.72. The molecule has 2 aromatic rings. The molecule has 1 unspecified atom stereocenters. The lowest BCUT2D eigenvalue weighted by molar-refractivity contribution is -0.115. The number of nitrogens with two attached hydrogens (primary N) is 1. The highest BCUT2D eigenvalue weighted by Crippen LogP contribution is 2.25. The minimum atomic E-state index is -0.164. The number of carbonyl (C=O) groups excluding carboxylic acids is 1. The van der Waals surface area contributed by atoms with Crippen molar-refractivity contribution in [2.24, 2.45) is 5.73 Å². The summed E-state index contributed by atoms with van der Waals surface area (Å²) in [5.41, 5.74) is 7.52. The fraction of sp³-hybridized carbons (Fsp3) is 0.188. The van der Waals surface area contributed by atoms with Gasteiger partial charge < -0.3 is 11.1 Å². The summed E-state index contributed by atoms with van der Waals surface area (Å²) in [6, 6.07) is 17.5. The van der Waals surface area contributed by atoms with Crippen LogP contribution in [0.25, 0.3) is 0 Å². The van der Waals surface area contributed by atoms with Gasteiger partial charge in [-0.25, -0.2) is 0 Å². The van der Waals surface area contributed by atoms with E-state index in [1.807, 2.05) is 61.5 Å². The van der Waals surface area contributed by atoms with Gasteiger partial charge in [0.25, 0.3) is 0 Å². The third kappa shape index (κ3) is 4.11. The molecule has 0 bridgehead atoms. The van der Waals surface area contributed by atoms with Crippen LogP contribution in [0.3, 0.4) is 0 Å². The molecule has 3 N–H and O–H groups in total. The summed E-state index contributed by atoms with van der Waals surface area (Å²) in [4.78, 5) is 13.2. The first-order valence-electron chi connectivity index (χ1n) is 6.50. The Balaban J connectivity index is 1.97. The van der Waals surface area contributed by atoms with Gasteiger partial charge in [0, 0.05) is 17.1 Å². The minimum Gasteiger partial charge on any atom is -0.326 e. The van der Waals surface area contributed by atoms with E-state index in [1.165, 1.54) is 11.8 Å². The van der Waals surface area contributed by atoms with Crippen LogP contribution in [0.4, 0.5) is 5.69 Å². The van der Waals surface area contributed by atoms with Crippen LogP contribution in [-0.4, -0.2) is 11.2 Å². The quantitative estimate of drug-likeness (QED) is 0.829. The molecular formula is C16H18N2OS. The summed E-state index contributed by atoms with van der Waals surface area (Å²) in [5, 5.41) is 2.74. The summed E-state index contributed by atoms with van der Waals surface area (Å²) in [6.45, 7) is 2.41. The first-order chi connectivity index (χ1) is 9.69. The van der Waals surface area contributed by atoms with Crippen molar-refractivity contribution in [2.75, 3.05) is 5.32 Å². The van der Waals surface area contributed by atoms with Crippen LogP contribution in [-0.2, 0) is 11.3 Å². The maximum Gasteiger partial charge on any atom is 0.237 e. The molecule has 0 saturated heterocycles. The summed E-state index contributed by atoms with van der Waals surface area (Å²) < 4.78 is 0. The molecule has 0 aliphatic heterocycles. The van der Waals surface area contributed by atoms with Gasteiger partial charge in [0.05, 0.1) is 5.25 Å². The van der Waals surface area contributed by atoms with E-state index in [0.29, 0.717) is 6.54 Å². The Kier molecular flexibility index (Phi) is 5.21. The van der Waals surface area contributed by atoms with E-state index in [-0.39, 0.29) is 11.2 Å². The number of thioether (sulfide) groups is 1. The van der Waals surface area contributed by atoms with Crippen LogP contribution in [0.15, 0.2) is 59.5 Å². The zero-order chi connectivity index (χ0) is 14.4. The van der Waals surface area contributed by atoms with Gasteiger partial charge in [0.2, 0.25) is 5.91 Å². The van der Waals surface area contributed by atoms with Crippen LogP contribution in [0.2, 0.25) is 0 Å². The summed E-state index contributed by atoms with van der Waals surface area (Å²) in [7, 11) is 0. The fourth-order valence-electron chi connectivity index (χ4n) is 1.77. The molecule has 4 heteroatoms. The van der Waals surface area contributed by atoms with Gasteiger partial charge in [-0.05, 0) is 36.8 Å². The van der Waals surface area contributed by atoms with E-state index in [1.54, 1.807) is 0 Å². The number of hydrogen-bond acceptors (Lipinski definition) is 3. The monoisotopic (exact) mass is 286 g/mol. The maximum absolute atomic E-state index is 12.1. The first-order valence-corrected chi connectivity index (χ1v) is 7.38. The molecule has 2 rings (SSSR count). The second-order valence-electron chi connectivity index (χ2n) is 4.47. The minimum absolute atomic E-state index is 0.000600. The Hall–Kier alpha value is -1.78. The molecule has 1 amide bonds. The van der Waals surface area contributed by atoms with Crippen molar-refractivity contribution in [1.82, 2.24) is 0 Å². The van der Waals surface area contributed by atoms with E-state index in [9.17, 15) is 4.79 Å². The zero-order valence-electron chi connectivity index (χ0n) is 11.4. The van der Waals surface area contributed by atoms with Crippen molar-refractivity contribution in [3.8, 4) is 0 Å². The summed E-state index contributed by atoms with van der Waals surface area (Å²) >= 11 is 1.53. The molecule has 0 saturated carbocycles. The number of amides is 1. The van der Waals surface area contributed by atoms with Crippen LogP contribution in [0, 0.1) is 0 Å². The van der Waals surface area contributed by atoms with E-state index in [4.69, 9.17) is 5.73 Å². The third-order valence-electron chi connectivity index (χ3n) is 2.86. The predicted octanol–water partition coefficient (Wildman–Crippen LogP) is 3.26. The zero-order valence-corrected chi connectivity index (χ0v) is 12.2. The highest BCUT2D eigenvalue weighted by Gasteiger charge is 2.14. The highest BCUT2D eigenvalue weighted by molar-refractivity contribution is 8.00. The van der Waals surface area contributed by atoms with Gasteiger partial charge in [0.15, 0.2) is 0 Å². The molecule has 0 aliphatic rings. The average Bonchev–Trinajstić information content (AvgIpc) is 2.48. The van der Waals surface area contributed by atoms with Crippen molar-refractivity contribution < 1.29 is 4.79 Å². The average molecular weight is 286 g/mol. The van der Waals surface area contributed by atoms with Crippen molar-refractivity contribution >= 4 is 23.4 Å². The second-order valence-corrected chi connectivity index (χ2v) is 5.88. The molecule has 3 nitrogen and oxygen atoms in total. The molecule has 0 aliphatic carbocycles. The van der Waals surface area contributed by atoms with Gasteiger partial charge in [-0.2, -0.15) is 0 Å². The number of benzene rings is 2. The summed E-state index contributed by atoms with van der Waals surface area (Å²) in [5.74, 6) is -0.000600. The lowest BCUT2D eigenvalue weighted by atomic mass is 10.2. The van der Waals surface area contributed by atoms with Crippen molar-refractivity contribution in [3.63, 3.8) is 0 Å². The van der Waals surface area contributed by atoms with E-state index < -0.39 is 0 Å². The molecule has 20 heavy (non-hydrogen) atoms. The van der Waals surface area contributed by atoms with Crippen LogP contribution < -0.4 is 11.1 Å². The van der Waals surface area contributed by atoms with E-state index in [0.717, 1.165) is 16.1 Å². The number of nitrogens with one attached hydrogen (secondary N) is 1. The smallest absolute Gasteiger partial charge is 0.237 e. The van der Waals surface area contributed by atoms with Crippen molar-refractivity contribution in [2.45, 2.75) is 23.6 Å². The van der Waals surface area contributed by atoms with Gasteiger partial charge in [-0.15, -0.1) is 11.8 Å². The SMILES string of the molecule is CC(Sc1cccc(CN)c1)C(=O)Nc1ccccc1. The molecule has 0 fully saturated rings. The topological polar surface area (TPSA) is 55.1 Å². The Morgan fingerprint density at radius 2 is 1.95 bits per heavy atom. The molecule has 0 spiro atoms. The largest absolute Gasteiger partial charge is 0.326 e. The molecule has 0 heterocycles. The molecule has 2 aromatic carbocycles. The Morgan fingerprint density at radius 1 is 1.20 bits per heavy atom. The molecule has 0 radical (unpaired) electrons. The number of carbonyl (C=O) groups is 1. The number of anilines is 1. The lowest BCUT2D eigenvalue weighted by Gasteiger charge is -2.12. The standard InChI is InChI=1S/C16H18N2OS/c1-12(16(19)18-14-7-3-2-4-8-14)20-15-9-5-6-13(10-15)11-17/h2-10,12H,11,17H2,1H3,(H,18,19). The van der Waals surface area contributed by atoms with Crippen molar-refractivity contribution in [3.05, 3.63) is 60.2 Å². The Bertz CT molecular complexity index is 572. The van der Waals surface area contributed by atoms with E-state index in [2.05, 4.69) is 5.32 Å². The number of rotatable bonds is 5. The first kappa shape index (κ1) is 14.6. The van der Waals surface area contributed by atoms with Gasteiger partial charge >= 0.3 is 0 Å². The maximum atomic E-state index is 12.1. The number of hydrogen-bond donors (Lipinski definition) is 2. The van der Waals surface area contributed by atoms with Gasteiger partial charge in [-0.3, -0.25) is 4.79 Å². The second kappa shape index (κ2) is 7.12. The molecule has 1 atom stereocenters. The molecular weight excluding hydrogens is 268 g/mol. The van der Waals surface area contributed by atoms with Crippen LogP contribution >= 0.6 is 11.8 Å². The van der Waals surface area contributed by atoms with Gasteiger partial charge in [0.1, 0.15) is 0 Å². The molecule has 104 valence electrons. The predicted molar refractivity (Wildman–Crippen MR) is 84.7 cm³/mol. The van der Waals surface area contributed by atoms with Crippen LogP contribution in [0.5, 0.6) is 0 Å². The normalized spacial score (nSPS) is 11.9. The van der Waals surface area contributed by atoms with Crippen LogP contribution in [0.1, 0.15) is 12.5 Å². The van der Waals surface area contributed by atoms with Gasteiger partial charge in [-0.1, -0.05) is 30.3 Å². The highest BCUT2D eigenvalue weighted by atomic mass is 32.2. The Labute approximate surface area is 123 Å². The number of para-hydroxylation sites is 1.